The highest BCUT2D eigenvalue weighted by Crippen LogP contribution is 2.22. The fraction of sp³-hybridized carbons (Fsp3) is 0.467. The van der Waals surface area contributed by atoms with Crippen molar-refractivity contribution in [3.63, 3.8) is 0 Å². The van der Waals surface area contributed by atoms with Gasteiger partial charge in [0, 0.05) is 23.5 Å². The van der Waals surface area contributed by atoms with Gasteiger partial charge in [-0.25, -0.2) is 9.67 Å². The predicted octanol–water partition coefficient (Wildman–Crippen LogP) is 3.25. The molecule has 4 nitrogen and oxygen atoms in total. The van der Waals surface area contributed by atoms with E-state index in [4.69, 9.17) is 5.73 Å². The Hall–Kier alpha value is -1.20. The largest absolute Gasteiger partial charge is 0.324 e. The number of nitrogens with two attached hydrogens (primary N) is 1. The highest BCUT2D eigenvalue weighted by atomic mass is 79.9. The standard InChI is InChI=1S/C15H21BrN4/c1-10(2)8-20-15(18-9-19-20)7-14(17)13-5-4-12(16)6-11(13)3/h4-6,9-10,14H,7-8,17H2,1-3H3. The third-order valence-corrected chi connectivity index (χ3v) is 3.76. The van der Waals surface area contributed by atoms with Gasteiger partial charge in [0.1, 0.15) is 12.2 Å². The van der Waals surface area contributed by atoms with Crippen LogP contribution in [0.2, 0.25) is 0 Å². The molecular formula is C15H21BrN4. The minimum absolute atomic E-state index is 0.0572. The maximum absolute atomic E-state index is 6.34. The average Bonchev–Trinajstić information content (AvgIpc) is 2.75. The summed E-state index contributed by atoms with van der Waals surface area (Å²) in [6.45, 7) is 7.30. The molecule has 0 radical (unpaired) electrons. The van der Waals surface area contributed by atoms with Crippen LogP contribution in [0.4, 0.5) is 0 Å². The Balaban J connectivity index is 2.15. The summed E-state index contributed by atoms with van der Waals surface area (Å²) in [7, 11) is 0. The van der Waals surface area contributed by atoms with Crippen molar-refractivity contribution in [2.24, 2.45) is 11.7 Å². The Kier molecular flexibility index (Phi) is 4.94. The molecule has 0 saturated heterocycles. The van der Waals surface area contributed by atoms with E-state index in [1.807, 2.05) is 10.7 Å². The Morgan fingerprint density at radius 2 is 2.10 bits per heavy atom. The molecule has 0 aliphatic rings. The second kappa shape index (κ2) is 6.50. The number of aromatic nitrogens is 3. The van der Waals surface area contributed by atoms with E-state index in [1.54, 1.807) is 6.33 Å². The van der Waals surface area contributed by atoms with Crippen molar-refractivity contribution in [1.82, 2.24) is 14.8 Å². The maximum Gasteiger partial charge on any atom is 0.138 e. The van der Waals surface area contributed by atoms with E-state index in [2.05, 4.69) is 58.9 Å². The van der Waals surface area contributed by atoms with Crippen LogP contribution >= 0.6 is 15.9 Å². The summed E-state index contributed by atoms with van der Waals surface area (Å²) in [5.74, 6) is 1.50. The van der Waals surface area contributed by atoms with Crippen molar-refractivity contribution in [2.75, 3.05) is 0 Å². The summed E-state index contributed by atoms with van der Waals surface area (Å²) in [6, 6.07) is 6.14. The van der Waals surface area contributed by atoms with Gasteiger partial charge in [-0.15, -0.1) is 0 Å². The van der Waals surface area contributed by atoms with Gasteiger partial charge in [0.25, 0.3) is 0 Å². The lowest BCUT2D eigenvalue weighted by molar-refractivity contribution is 0.459. The molecule has 20 heavy (non-hydrogen) atoms. The second-order valence-corrected chi connectivity index (χ2v) is 6.48. The third kappa shape index (κ3) is 3.67. The summed E-state index contributed by atoms with van der Waals surface area (Å²) >= 11 is 3.48. The van der Waals surface area contributed by atoms with E-state index in [1.165, 1.54) is 5.56 Å². The van der Waals surface area contributed by atoms with Gasteiger partial charge < -0.3 is 5.73 Å². The molecule has 2 aromatic rings. The molecule has 0 saturated carbocycles. The molecule has 1 aromatic heterocycles. The van der Waals surface area contributed by atoms with E-state index in [0.29, 0.717) is 12.3 Å². The van der Waals surface area contributed by atoms with Crippen LogP contribution in [0.3, 0.4) is 0 Å². The van der Waals surface area contributed by atoms with Gasteiger partial charge >= 0.3 is 0 Å². The zero-order chi connectivity index (χ0) is 14.7. The number of rotatable bonds is 5. The first-order chi connectivity index (χ1) is 9.47. The highest BCUT2D eigenvalue weighted by Gasteiger charge is 2.14. The van der Waals surface area contributed by atoms with Crippen LogP contribution in [0.25, 0.3) is 0 Å². The van der Waals surface area contributed by atoms with Gasteiger partial charge in [-0.3, -0.25) is 0 Å². The van der Waals surface area contributed by atoms with Crippen LogP contribution in [-0.2, 0) is 13.0 Å². The van der Waals surface area contributed by atoms with Crippen LogP contribution in [0.5, 0.6) is 0 Å². The monoisotopic (exact) mass is 336 g/mol. The normalized spacial score (nSPS) is 12.9. The molecule has 0 aliphatic carbocycles. The average molecular weight is 337 g/mol. The number of hydrogen-bond acceptors (Lipinski definition) is 3. The van der Waals surface area contributed by atoms with Crippen molar-refractivity contribution in [1.29, 1.82) is 0 Å². The molecule has 0 aliphatic heterocycles. The molecule has 0 spiro atoms. The molecule has 2 rings (SSSR count). The van der Waals surface area contributed by atoms with E-state index < -0.39 is 0 Å². The van der Waals surface area contributed by atoms with Crippen LogP contribution in [0, 0.1) is 12.8 Å². The molecule has 1 atom stereocenters. The van der Waals surface area contributed by atoms with Crippen molar-refractivity contribution in [2.45, 2.75) is 39.8 Å². The summed E-state index contributed by atoms with van der Waals surface area (Å²) in [6.07, 6.45) is 2.31. The van der Waals surface area contributed by atoms with Gasteiger partial charge in [0.15, 0.2) is 0 Å². The van der Waals surface area contributed by atoms with Crippen LogP contribution in [-0.4, -0.2) is 14.8 Å². The van der Waals surface area contributed by atoms with Gasteiger partial charge in [-0.1, -0.05) is 35.8 Å². The molecule has 2 N–H and O–H groups in total. The topological polar surface area (TPSA) is 56.7 Å². The predicted molar refractivity (Wildman–Crippen MR) is 84.4 cm³/mol. The molecule has 5 heteroatoms. The molecule has 0 bridgehead atoms. The number of nitrogens with zero attached hydrogens (tertiary/aromatic N) is 3. The first-order valence-electron chi connectivity index (χ1n) is 6.85. The van der Waals surface area contributed by atoms with Crippen LogP contribution in [0.15, 0.2) is 29.0 Å². The van der Waals surface area contributed by atoms with Crippen molar-refractivity contribution in [3.8, 4) is 0 Å². The molecule has 0 fully saturated rings. The number of benzene rings is 1. The number of halogens is 1. The van der Waals surface area contributed by atoms with Gasteiger partial charge in [-0.2, -0.15) is 5.10 Å². The first-order valence-corrected chi connectivity index (χ1v) is 7.65. The Morgan fingerprint density at radius 1 is 1.35 bits per heavy atom. The van der Waals surface area contributed by atoms with E-state index in [-0.39, 0.29) is 6.04 Å². The summed E-state index contributed by atoms with van der Waals surface area (Å²) in [4.78, 5) is 4.34. The van der Waals surface area contributed by atoms with Crippen molar-refractivity contribution >= 4 is 15.9 Å². The molecule has 108 valence electrons. The van der Waals surface area contributed by atoms with Crippen molar-refractivity contribution < 1.29 is 0 Å². The quantitative estimate of drug-likeness (QED) is 0.911. The zero-order valence-electron chi connectivity index (χ0n) is 12.2. The highest BCUT2D eigenvalue weighted by molar-refractivity contribution is 9.10. The minimum atomic E-state index is -0.0572. The van der Waals surface area contributed by atoms with E-state index in [0.717, 1.165) is 22.4 Å². The maximum atomic E-state index is 6.34. The number of hydrogen-bond donors (Lipinski definition) is 1. The lowest BCUT2D eigenvalue weighted by Gasteiger charge is -2.16. The Morgan fingerprint density at radius 3 is 2.75 bits per heavy atom. The molecule has 1 unspecified atom stereocenters. The SMILES string of the molecule is Cc1cc(Br)ccc1C(N)Cc1ncnn1CC(C)C. The van der Waals surface area contributed by atoms with E-state index >= 15 is 0 Å². The molecular weight excluding hydrogens is 316 g/mol. The Labute approximate surface area is 128 Å². The molecule has 1 aromatic carbocycles. The third-order valence-electron chi connectivity index (χ3n) is 3.27. The molecule has 1 heterocycles. The molecule has 0 amide bonds. The second-order valence-electron chi connectivity index (χ2n) is 5.56. The minimum Gasteiger partial charge on any atom is -0.324 e. The lowest BCUT2D eigenvalue weighted by Crippen LogP contribution is -2.19. The number of aryl methyl sites for hydroxylation is 1. The van der Waals surface area contributed by atoms with E-state index in [9.17, 15) is 0 Å². The summed E-state index contributed by atoms with van der Waals surface area (Å²) < 4.78 is 3.03. The first kappa shape index (κ1) is 15.2. The fourth-order valence-corrected chi connectivity index (χ4v) is 2.78. The van der Waals surface area contributed by atoms with Crippen molar-refractivity contribution in [3.05, 3.63) is 46.0 Å². The smallest absolute Gasteiger partial charge is 0.138 e. The summed E-state index contributed by atoms with van der Waals surface area (Å²) in [5, 5.41) is 4.28. The van der Waals surface area contributed by atoms with Gasteiger partial charge in [-0.05, 0) is 36.1 Å². The Bertz CT molecular complexity index is 577. The fourth-order valence-electron chi connectivity index (χ4n) is 2.31. The van der Waals surface area contributed by atoms with Gasteiger partial charge in [0.05, 0.1) is 0 Å². The lowest BCUT2D eigenvalue weighted by atomic mass is 9.99. The van der Waals surface area contributed by atoms with Gasteiger partial charge in [0.2, 0.25) is 0 Å². The van der Waals surface area contributed by atoms with Crippen LogP contribution in [0.1, 0.15) is 36.8 Å². The van der Waals surface area contributed by atoms with Crippen LogP contribution < -0.4 is 5.73 Å². The zero-order valence-corrected chi connectivity index (χ0v) is 13.8. The summed E-state index contributed by atoms with van der Waals surface area (Å²) in [5.41, 5.74) is 8.70.